The average molecular weight is 1290 g/mol. The van der Waals surface area contributed by atoms with Gasteiger partial charge >= 0.3 is 17.9 Å². The smallest absolute Gasteiger partial charge is 0.396 e. The number of anilines is 2. The summed E-state index contributed by atoms with van der Waals surface area (Å²) in [6.45, 7) is 18.1. The van der Waals surface area contributed by atoms with Crippen LogP contribution in [0.1, 0.15) is 123 Å². The van der Waals surface area contributed by atoms with Crippen LogP contribution in [-0.4, -0.2) is 139 Å². The summed E-state index contributed by atoms with van der Waals surface area (Å²) in [6.07, 6.45) is 4.96. The fourth-order valence-corrected chi connectivity index (χ4v) is 17.6. The molecule has 4 aromatic heterocycles. The molecule has 0 saturated carbocycles. The maximum Gasteiger partial charge on any atom is 0.396 e. The molecule has 466 valence electrons. The summed E-state index contributed by atoms with van der Waals surface area (Å²) in [4.78, 5) is 37.9. The van der Waals surface area contributed by atoms with E-state index in [2.05, 4.69) is 68.9 Å². The van der Waals surface area contributed by atoms with E-state index < -0.39 is 41.9 Å². The second-order valence-electron chi connectivity index (χ2n) is 22.8. The summed E-state index contributed by atoms with van der Waals surface area (Å²) < 4.78 is 103. The van der Waals surface area contributed by atoms with Crippen molar-refractivity contribution in [3.8, 4) is 22.2 Å². The molecule has 0 spiro atoms. The number of piperidine rings is 3. The van der Waals surface area contributed by atoms with Crippen LogP contribution in [0.3, 0.4) is 0 Å². The van der Waals surface area contributed by atoms with Gasteiger partial charge in [0, 0.05) is 62.6 Å². The summed E-state index contributed by atoms with van der Waals surface area (Å²) in [6, 6.07) is 21.9. The number of sulfonamides is 3. The molecule has 8 heterocycles. The van der Waals surface area contributed by atoms with Crippen molar-refractivity contribution in [3.05, 3.63) is 112 Å². The third-order valence-electron chi connectivity index (χ3n) is 14.9. The Bertz CT molecular complexity index is 3790. The Morgan fingerprint density at radius 3 is 1.49 bits per heavy atom. The van der Waals surface area contributed by atoms with Gasteiger partial charge in [-0.1, -0.05) is 69.1 Å². The standard InChI is InChI=1S/C20H26N4O4S2.C19H24N4O6S.C19H21N3O3S2/c1-13-10-14(2)12-24(11-13)30(26,27)16-7-5-15(6-8-16)18(25)21-20-23-22-19(29-20)17-4-3-9-28-17;1-4-28-18(25)17-21-22-19(29-17)20-16(24)14-5-7-15(8-6-14)30(26,27)23-10-12(2)9-13(3)11-23;1-13-10-14(2)12-22(11-13)27(23,24)16-7-5-15(6-8-16)18-20-21-19(25-18)17-4-3-9-26-17/h5-8,13-14,17H,3-4,9-12H2,1-2H3,(H,21,23,25);5-8,12-13H,4,9-11H2,1-3H3,(H,20,22,24);3-9,13-14H,10-12H2,1-2H3. The average Bonchev–Trinajstić information content (AvgIpc) is 2.49. The summed E-state index contributed by atoms with van der Waals surface area (Å²) in [5.41, 5.74) is 1.26. The van der Waals surface area contributed by atoms with Crippen molar-refractivity contribution in [2.24, 2.45) is 35.5 Å². The summed E-state index contributed by atoms with van der Waals surface area (Å²) in [7, 11) is -10.7. The number of hydrogen-bond acceptors (Lipinski definition) is 21. The maximum absolute atomic E-state index is 13.0. The summed E-state index contributed by atoms with van der Waals surface area (Å²) in [5, 5.41) is 31.5. The van der Waals surface area contributed by atoms with Gasteiger partial charge in [0.15, 0.2) is 0 Å². The van der Waals surface area contributed by atoms with Crippen molar-refractivity contribution in [1.29, 1.82) is 0 Å². The Morgan fingerprint density at radius 1 is 0.575 bits per heavy atom. The zero-order chi connectivity index (χ0) is 62.2. The molecule has 2 amide bonds. The highest BCUT2D eigenvalue weighted by atomic mass is 32.2. The fourth-order valence-electron chi connectivity index (χ4n) is 11.1. The number of esters is 1. The normalized spacial score (nSPS) is 22.3. The number of thiophene rings is 1. The number of rotatable bonds is 15. The lowest BCUT2D eigenvalue weighted by Crippen LogP contribution is -2.42. The van der Waals surface area contributed by atoms with Crippen molar-refractivity contribution in [2.45, 2.75) is 101 Å². The van der Waals surface area contributed by atoms with Crippen LogP contribution in [0.2, 0.25) is 0 Å². The third-order valence-corrected chi connectivity index (χ3v) is 22.2. The van der Waals surface area contributed by atoms with Crippen LogP contribution in [0, 0.1) is 35.5 Å². The monoisotopic (exact) mass is 1290 g/mol. The zero-order valence-electron chi connectivity index (χ0n) is 49.3. The van der Waals surface area contributed by atoms with Gasteiger partial charge in [-0.3, -0.25) is 20.2 Å². The third kappa shape index (κ3) is 16.1. The van der Waals surface area contributed by atoms with E-state index in [-0.39, 0.29) is 45.9 Å². The minimum atomic E-state index is -3.63. The van der Waals surface area contributed by atoms with E-state index in [1.54, 1.807) is 39.8 Å². The molecule has 4 saturated heterocycles. The van der Waals surface area contributed by atoms with Gasteiger partial charge in [0.1, 0.15) is 11.1 Å². The minimum absolute atomic E-state index is 0.0436. The molecule has 87 heavy (non-hydrogen) atoms. The van der Waals surface area contributed by atoms with Crippen LogP contribution in [0.15, 0.2) is 114 Å². The number of carbonyl (C=O) groups is 3. The first-order chi connectivity index (χ1) is 41.5. The van der Waals surface area contributed by atoms with Crippen LogP contribution in [-0.2, 0) is 39.5 Å². The van der Waals surface area contributed by atoms with E-state index in [1.165, 1.54) is 75.5 Å². The number of amides is 2. The highest BCUT2D eigenvalue weighted by Crippen LogP contribution is 2.34. The molecule has 24 nitrogen and oxygen atoms in total. The fraction of sp³-hybridized carbons (Fsp3) is 0.466. The number of aromatic nitrogens is 6. The Kier molecular flexibility index (Phi) is 21.0. The first kappa shape index (κ1) is 64.8. The largest absolute Gasteiger partial charge is 0.459 e. The second-order valence-corrected chi connectivity index (χ2v) is 30.5. The topological polar surface area (TPSA) is 309 Å². The van der Waals surface area contributed by atoms with E-state index in [1.807, 2.05) is 31.4 Å². The predicted molar refractivity (Wildman–Crippen MR) is 325 cm³/mol. The number of ether oxygens (including phenoxy) is 2. The van der Waals surface area contributed by atoms with E-state index in [4.69, 9.17) is 18.3 Å². The SMILES string of the molecule is CC1CC(C)CN(S(=O)(=O)c2ccc(-c3nnc(-c4cccs4)o3)cc2)C1.CC1CC(C)CN(S(=O)(=O)c2ccc(C(=O)Nc3nnc(C4CCCO4)s3)cc2)C1.CCOC(=O)c1nnc(NC(=O)c2ccc(S(=O)(=O)N3CC(C)CC(C)C3)cc2)o1. The first-order valence-electron chi connectivity index (χ1n) is 28.7. The number of hydrogen-bond donors (Lipinski definition) is 2. The van der Waals surface area contributed by atoms with Crippen LogP contribution < -0.4 is 10.6 Å². The van der Waals surface area contributed by atoms with Gasteiger partial charge in [-0.05, 0) is 159 Å². The van der Waals surface area contributed by atoms with Crippen LogP contribution in [0.4, 0.5) is 11.1 Å². The predicted octanol–water partition coefficient (Wildman–Crippen LogP) is 9.61. The minimum Gasteiger partial charge on any atom is -0.459 e. The molecular formula is C58H71N11O13S5. The molecule has 7 atom stereocenters. The molecule has 29 heteroatoms. The molecular weight excluding hydrogens is 1220 g/mol. The molecule has 0 bridgehead atoms. The van der Waals surface area contributed by atoms with Crippen molar-refractivity contribution in [2.75, 3.05) is 63.1 Å². The molecule has 0 aliphatic carbocycles. The van der Waals surface area contributed by atoms with Crippen molar-refractivity contribution in [1.82, 2.24) is 43.5 Å². The van der Waals surface area contributed by atoms with E-state index in [0.717, 1.165) is 48.6 Å². The Morgan fingerprint density at radius 2 is 1.05 bits per heavy atom. The lowest BCUT2D eigenvalue weighted by atomic mass is 9.94. The second kappa shape index (κ2) is 28.2. The van der Waals surface area contributed by atoms with Gasteiger partial charge in [-0.15, -0.1) is 31.7 Å². The molecule has 2 N–H and O–H groups in total. The van der Waals surface area contributed by atoms with E-state index in [9.17, 15) is 39.6 Å². The summed E-state index contributed by atoms with van der Waals surface area (Å²) in [5.74, 6) is 0.738. The number of nitrogens with zero attached hydrogens (tertiary/aromatic N) is 9. The van der Waals surface area contributed by atoms with E-state index >= 15 is 0 Å². The van der Waals surface area contributed by atoms with Crippen LogP contribution >= 0.6 is 22.7 Å². The van der Waals surface area contributed by atoms with Crippen LogP contribution in [0.5, 0.6) is 0 Å². The van der Waals surface area contributed by atoms with Gasteiger partial charge in [-0.2, -0.15) is 12.9 Å². The highest BCUT2D eigenvalue weighted by Gasteiger charge is 2.35. The first-order valence-corrected chi connectivity index (χ1v) is 34.7. The maximum atomic E-state index is 13.0. The molecule has 4 aliphatic rings. The van der Waals surface area contributed by atoms with Crippen LogP contribution in [0.25, 0.3) is 22.2 Å². The molecule has 3 aromatic carbocycles. The number of carbonyl (C=O) groups excluding carboxylic acids is 3. The van der Waals surface area contributed by atoms with Gasteiger partial charge in [0.05, 0.1) is 26.2 Å². The van der Waals surface area contributed by atoms with Gasteiger partial charge in [0.2, 0.25) is 41.1 Å². The zero-order valence-corrected chi connectivity index (χ0v) is 53.3. The van der Waals surface area contributed by atoms with Crippen molar-refractivity contribution >= 4 is 81.7 Å². The molecule has 4 fully saturated rings. The molecule has 11 rings (SSSR count). The van der Waals surface area contributed by atoms with Gasteiger partial charge in [-0.25, -0.2) is 30.0 Å². The lowest BCUT2D eigenvalue weighted by molar-refractivity contribution is 0.0481. The number of nitrogens with one attached hydrogen (secondary N) is 2. The van der Waals surface area contributed by atoms with Gasteiger partial charge in [0.25, 0.3) is 17.7 Å². The Hall–Kier alpha value is -6.70. The number of benzene rings is 3. The molecule has 0 radical (unpaired) electrons. The Labute approximate surface area is 514 Å². The molecule has 7 aromatic rings. The quantitative estimate of drug-likeness (QED) is 0.0902. The van der Waals surface area contributed by atoms with Gasteiger partial charge < -0.3 is 18.3 Å². The van der Waals surface area contributed by atoms with Crippen molar-refractivity contribution in [3.63, 3.8) is 0 Å². The van der Waals surface area contributed by atoms with Crippen molar-refractivity contribution < 1.29 is 57.9 Å². The lowest BCUT2D eigenvalue weighted by Gasteiger charge is -2.34. The highest BCUT2D eigenvalue weighted by molar-refractivity contribution is 7.89. The molecule has 7 unspecified atom stereocenters. The summed E-state index contributed by atoms with van der Waals surface area (Å²) >= 11 is 2.82. The molecule has 4 aliphatic heterocycles. The Balaban J connectivity index is 0.000000156. The van der Waals surface area contributed by atoms with E-state index in [0.29, 0.717) is 108 Å².